The lowest BCUT2D eigenvalue weighted by molar-refractivity contribution is -0.125. The number of hydrogen-bond acceptors (Lipinski definition) is 3. The van der Waals surface area contributed by atoms with Crippen LogP contribution in [-0.4, -0.2) is 17.4 Å². The summed E-state index contributed by atoms with van der Waals surface area (Å²) in [7, 11) is 3.37. The van der Waals surface area contributed by atoms with Crippen LogP contribution in [0.15, 0.2) is 0 Å². The van der Waals surface area contributed by atoms with Crippen LogP contribution >= 0.6 is 21.6 Å². The van der Waals surface area contributed by atoms with Crippen LogP contribution in [0.5, 0.6) is 0 Å². The van der Waals surface area contributed by atoms with E-state index in [0.717, 1.165) is 11.5 Å². The van der Waals surface area contributed by atoms with Gasteiger partial charge in [0.1, 0.15) is 0 Å². The molecule has 1 rings (SSSR count). The second-order valence-corrected chi connectivity index (χ2v) is 4.88. The lowest BCUT2D eigenvalue weighted by Gasteiger charge is -2.14. The number of rotatable bonds is 1. The van der Waals surface area contributed by atoms with Crippen molar-refractivity contribution in [2.24, 2.45) is 5.41 Å². The fraction of sp³-hybridized carbons (Fsp3) is 0.800. The predicted molar refractivity (Wildman–Crippen MR) is 41.1 cm³/mol. The minimum absolute atomic E-state index is 0.352. The largest absolute Gasteiger partial charge is 0.273 e. The van der Waals surface area contributed by atoms with Gasteiger partial charge in [-0.1, -0.05) is 21.6 Å². The van der Waals surface area contributed by atoms with Gasteiger partial charge >= 0.3 is 0 Å². The summed E-state index contributed by atoms with van der Waals surface area (Å²) < 4.78 is 0. The first-order chi connectivity index (χ1) is 4.15. The van der Waals surface area contributed by atoms with Crippen LogP contribution in [0, 0.1) is 5.41 Å². The summed E-state index contributed by atoms with van der Waals surface area (Å²) in [5, 5.41) is 0. The Bertz CT molecular complexity index is 131. The molecule has 1 heterocycles. The summed E-state index contributed by atoms with van der Waals surface area (Å²) >= 11 is 0. The Morgan fingerprint density at radius 2 is 2.00 bits per heavy atom. The van der Waals surface area contributed by atoms with Crippen LogP contribution in [0.25, 0.3) is 0 Å². The molecule has 4 heteroatoms. The molecule has 0 aromatic rings. The smallest absolute Gasteiger partial charge is 0.246 e. The fourth-order valence-corrected chi connectivity index (χ4v) is 3.86. The summed E-state index contributed by atoms with van der Waals surface area (Å²) in [6.07, 6.45) is 0. The second kappa shape index (κ2) is 2.42. The molecule has 1 radical (unpaired) electrons. The zero-order valence-electron chi connectivity index (χ0n) is 5.14. The zero-order chi connectivity index (χ0) is 6.91. The topological polar surface area (TPSA) is 40.9 Å². The van der Waals surface area contributed by atoms with E-state index in [1.807, 2.05) is 6.92 Å². The average Bonchev–Trinajstić information content (AvgIpc) is 2.16. The summed E-state index contributed by atoms with van der Waals surface area (Å²) in [4.78, 5) is 10.6. The van der Waals surface area contributed by atoms with Crippen molar-refractivity contribution in [3.05, 3.63) is 0 Å². The maximum Gasteiger partial charge on any atom is 0.246 e. The first-order valence-electron chi connectivity index (χ1n) is 2.66. The van der Waals surface area contributed by atoms with E-state index < -0.39 is 5.91 Å². The van der Waals surface area contributed by atoms with Crippen LogP contribution in [0.2, 0.25) is 0 Å². The van der Waals surface area contributed by atoms with Crippen molar-refractivity contribution < 1.29 is 4.79 Å². The highest BCUT2D eigenvalue weighted by Crippen LogP contribution is 2.42. The Kier molecular flexibility index (Phi) is 1.96. The number of nitrogens with one attached hydrogen (secondary N) is 1. The van der Waals surface area contributed by atoms with Gasteiger partial charge in [0.05, 0.1) is 5.41 Å². The SMILES string of the molecule is CC1(C([NH])=O)CSSC1. The van der Waals surface area contributed by atoms with Crippen molar-refractivity contribution in [1.82, 2.24) is 5.73 Å². The highest BCUT2D eigenvalue weighted by atomic mass is 33.1. The second-order valence-electron chi connectivity index (χ2n) is 2.41. The minimum Gasteiger partial charge on any atom is -0.273 e. The van der Waals surface area contributed by atoms with Crippen LogP contribution < -0.4 is 5.73 Å². The highest BCUT2D eigenvalue weighted by molar-refractivity contribution is 8.77. The molecule has 0 unspecified atom stereocenters. The normalized spacial score (nSPS) is 24.1. The average molecular weight is 162 g/mol. The van der Waals surface area contributed by atoms with Crippen LogP contribution in [-0.2, 0) is 4.79 Å². The Morgan fingerprint density at radius 3 is 2.22 bits per heavy atom. The molecule has 1 aliphatic heterocycles. The fourth-order valence-electron chi connectivity index (χ4n) is 0.516. The molecule has 1 amide bonds. The van der Waals surface area contributed by atoms with E-state index >= 15 is 0 Å². The van der Waals surface area contributed by atoms with Crippen LogP contribution in [0.1, 0.15) is 6.92 Å². The first kappa shape index (κ1) is 7.28. The molecule has 2 nitrogen and oxygen atoms in total. The molecule has 1 fully saturated rings. The molecule has 1 saturated heterocycles. The standard InChI is InChI=1S/C5H8NOS2/c1-5(4(6)7)2-8-9-3-5/h6H,2-3H2,1H3. The molecule has 0 spiro atoms. The van der Waals surface area contributed by atoms with Gasteiger partial charge in [0.2, 0.25) is 5.91 Å². The van der Waals surface area contributed by atoms with Gasteiger partial charge in [-0.2, -0.15) is 0 Å². The molecule has 0 atom stereocenters. The van der Waals surface area contributed by atoms with Crippen molar-refractivity contribution in [1.29, 1.82) is 0 Å². The van der Waals surface area contributed by atoms with Crippen molar-refractivity contribution in [3.8, 4) is 0 Å². The molecule has 0 aromatic heterocycles. The van der Waals surface area contributed by atoms with Gasteiger partial charge in [-0.15, -0.1) is 0 Å². The number of carbonyl (C=O) groups excluding carboxylic acids is 1. The summed E-state index contributed by atoms with van der Waals surface area (Å²) in [5.41, 5.74) is 6.55. The molecule has 0 saturated carbocycles. The predicted octanol–water partition coefficient (Wildman–Crippen LogP) is 1.20. The molecular formula is C5H8NOS2. The molecule has 0 aliphatic carbocycles. The zero-order valence-corrected chi connectivity index (χ0v) is 6.77. The van der Waals surface area contributed by atoms with E-state index in [2.05, 4.69) is 0 Å². The molecular weight excluding hydrogens is 154 g/mol. The van der Waals surface area contributed by atoms with Crippen molar-refractivity contribution in [3.63, 3.8) is 0 Å². The molecule has 9 heavy (non-hydrogen) atoms. The highest BCUT2D eigenvalue weighted by Gasteiger charge is 2.36. The quantitative estimate of drug-likeness (QED) is 0.544. The van der Waals surface area contributed by atoms with E-state index in [4.69, 9.17) is 5.73 Å². The third-order valence-corrected chi connectivity index (χ3v) is 4.27. The number of carbonyl (C=O) groups is 1. The van der Waals surface area contributed by atoms with E-state index in [9.17, 15) is 4.79 Å². The Labute approximate surface area is 62.3 Å². The number of amides is 1. The lowest BCUT2D eigenvalue weighted by atomic mass is 9.95. The van der Waals surface area contributed by atoms with E-state index in [1.54, 1.807) is 21.6 Å². The molecule has 1 aliphatic rings. The van der Waals surface area contributed by atoms with E-state index in [-0.39, 0.29) is 5.41 Å². The third kappa shape index (κ3) is 1.35. The molecule has 0 bridgehead atoms. The van der Waals surface area contributed by atoms with Crippen molar-refractivity contribution in [2.45, 2.75) is 6.92 Å². The van der Waals surface area contributed by atoms with Crippen molar-refractivity contribution >= 4 is 27.5 Å². The Balaban J connectivity index is 2.61. The Morgan fingerprint density at radius 1 is 1.56 bits per heavy atom. The minimum atomic E-state index is -0.417. The maximum absolute atomic E-state index is 10.6. The lowest BCUT2D eigenvalue weighted by Crippen LogP contribution is -2.30. The number of hydrogen-bond donors (Lipinski definition) is 0. The summed E-state index contributed by atoms with van der Waals surface area (Å²) in [6, 6.07) is 0. The maximum atomic E-state index is 10.6. The van der Waals surface area contributed by atoms with Crippen molar-refractivity contribution in [2.75, 3.05) is 11.5 Å². The van der Waals surface area contributed by atoms with Gasteiger partial charge < -0.3 is 0 Å². The monoisotopic (exact) mass is 162 g/mol. The van der Waals surface area contributed by atoms with Gasteiger partial charge in [-0.3, -0.25) is 10.5 Å². The third-order valence-electron chi connectivity index (χ3n) is 1.39. The van der Waals surface area contributed by atoms with Gasteiger partial charge in [-0.05, 0) is 6.92 Å². The molecule has 0 aromatic carbocycles. The first-order valence-corrected chi connectivity index (χ1v) is 5.14. The summed E-state index contributed by atoms with van der Waals surface area (Å²) in [5.74, 6) is 1.19. The van der Waals surface area contributed by atoms with E-state index in [1.165, 1.54) is 0 Å². The van der Waals surface area contributed by atoms with Gasteiger partial charge in [0.15, 0.2) is 0 Å². The van der Waals surface area contributed by atoms with Gasteiger partial charge in [0.25, 0.3) is 0 Å². The molecule has 1 N–H and O–H groups in total. The van der Waals surface area contributed by atoms with Crippen LogP contribution in [0.4, 0.5) is 0 Å². The van der Waals surface area contributed by atoms with Crippen LogP contribution in [0.3, 0.4) is 0 Å². The summed E-state index contributed by atoms with van der Waals surface area (Å²) in [6.45, 7) is 1.86. The van der Waals surface area contributed by atoms with Gasteiger partial charge in [-0.25, -0.2) is 0 Å². The van der Waals surface area contributed by atoms with Gasteiger partial charge in [0, 0.05) is 11.5 Å². The van der Waals surface area contributed by atoms with E-state index in [0.29, 0.717) is 0 Å². The Hall–Kier alpha value is 0.170. The molecule has 51 valence electrons.